The largest absolute Gasteiger partial charge is 0.491 e. The SMILES string of the molecule is CN(C)CC(=O)N1CCC[C@H]1COc1cccc2c1CN=CN2c1ccc(OCc2ccccc2F)c(Cl)c1. The number of likely N-dealkylation sites (tertiary alicyclic amines) is 1. The Morgan fingerprint density at radius 2 is 1.95 bits per heavy atom. The van der Waals surface area contributed by atoms with Gasteiger partial charge < -0.3 is 24.2 Å². The van der Waals surface area contributed by atoms with Crippen molar-refractivity contribution in [2.75, 3.05) is 38.7 Å². The van der Waals surface area contributed by atoms with Crippen molar-refractivity contribution < 1.29 is 18.7 Å². The summed E-state index contributed by atoms with van der Waals surface area (Å²) >= 11 is 6.56. The van der Waals surface area contributed by atoms with Crippen molar-refractivity contribution in [3.05, 3.63) is 82.6 Å². The predicted octanol–water partition coefficient (Wildman–Crippen LogP) is 5.67. The van der Waals surface area contributed by atoms with Crippen molar-refractivity contribution in [1.82, 2.24) is 9.80 Å². The van der Waals surface area contributed by atoms with E-state index in [4.69, 9.17) is 21.1 Å². The van der Waals surface area contributed by atoms with Crippen LogP contribution in [-0.4, -0.2) is 61.9 Å². The summed E-state index contributed by atoms with van der Waals surface area (Å²) in [6.45, 7) is 2.19. The quantitative estimate of drug-likeness (QED) is 0.344. The Balaban J connectivity index is 1.29. The van der Waals surface area contributed by atoms with Crippen LogP contribution in [0.3, 0.4) is 0 Å². The second-order valence-electron chi connectivity index (χ2n) is 10.0. The molecule has 3 aromatic carbocycles. The first-order valence-corrected chi connectivity index (χ1v) is 13.4. The van der Waals surface area contributed by atoms with E-state index in [-0.39, 0.29) is 24.4 Å². The number of anilines is 2. The third-order valence-electron chi connectivity index (χ3n) is 6.93. The van der Waals surface area contributed by atoms with E-state index >= 15 is 0 Å². The van der Waals surface area contributed by atoms with Crippen LogP contribution in [0.1, 0.15) is 24.0 Å². The third kappa shape index (κ3) is 6.18. The van der Waals surface area contributed by atoms with Gasteiger partial charge in [-0.1, -0.05) is 35.9 Å². The monoisotopic (exact) mass is 550 g/mol. The van der Waals surface area contributed by atoms with E-state index in [2.05, 4.69) is 4.99 Å². The first-order valence-electron chi connectivity index (χ1n) is 13.0. The zero-order valence-electron chi connectivity index (χ0n) is 22.1. The Labute approximate surface area is 233 Å². The van der Waals surface area contributed by atoms with E-state index < -0.39 is 0 Å². The molecule has 7 nitrogen and oxygen atoms in total. The first-order chi connectivity index (χ1) is 18.9. The zero-order valence-corrected chi connectivity index (χ0v) is 22.9. The first kappa shape index (κ1) is 27.0. The highest BCUT2D eigenvalue weighted by Crippen LogP contribution is 2.39. The molecule has 0 aliphatic carbocycles. The van der Waals surface area contributed by atoms with Crippen LogP contribution in [0.4, 0.5) is 15.8 Å². The fourth-order valence-electron chi connectivity index (χ4n) is 4.97. The minimum atomic E-state index is -0.315. The molecule has 0 bridgehead atoms. The Morgan fingerprint density at radius 3 is 2.74 bits per heavy atom. The van der Waals surface area contributed by atoms with Crippen molar-refractivity contribution in [3.63, 3.8) is 0 Å². The van der Waals surface area contributed by atoms with E-state index in [1.165, 1.54) is 6.07 Å². The van der Waals surface area contributed by atoms with E-state index in [9.17, 15) is 9.18 Å². The summed E-state index contributed by atoms with van der Waals surface area (Å²) in [5.41, 5.74) is 3.20. The maximum Gasteiger partial charge on any atom is 0.237 e. The summed E-state index contributed by atoms with van der Waals surface area (Å²) in [5, 5.41) is 0.417. The number of aliphatic imine (C=N–C) groups is 1. The molecule has 0 spiro atoms. The second-order valence-corrected chi connectivity index (χ2v) is 10.4. The Kier molecular flexibility index (Phi) is 8.33. The number of fused-ring (bicyclic) bond motifs is 1. The smallest absolute Gasteiger partial charge is 0.237 e. The van der Waals surface area contributed by atoms with E-state index in [0.29, 0.717) is 36.0 Å². The molecule has 2 aliphatic rings. The molecule has 2 aliphatic heterocycles. The summed E-state index contributed by atoms with van der Waals surface area (Å²) in [4.78, 5) is 23.0. The zero-order chi connectivity index (χ0) is 27.4. The van der Waals surface area contributed by atoms with Crippen molar-refractivity contribution in [2.45, 2.75) is 32.0 Å². The summed E-state index contributed by atoms with van der Waals surface area (Å²) in [7, 11) is 3.81. The van der Waals surface area contributed by atoms with Crippen molar-refractivity contribution >= 4 is 35.2 Å². The van der Waals surface area contributed by atoms with Crippen molar-refractivity contribution in [1.29, 1.82) is 0 Å². The molecule has 0 radical (unpaired) electrons. The standard InChI is InChI=1S/C30H32ClFN4O3/c1-34(2)17-30(37)35-14-6-8-23(35)19-39-28-11-5-10-27-24(28)16-33-20-36(27)22-12-13-29(25(31)15-22)38-18-21-7-3-4-9-26(21)32/h3-5,7,9-13,15,20,23H,6,8,14,16-19H2,1-2H3/t23-/m0/s1. The maximum atomic E-state index is 14.0. The van der Waals surface area contributed by atoms with Crippen LogP contribution in [0.2, 0.25) is 5.02 Å². The third-order valence-corrected chi connectivity index (χ3v) is 7.22. The van der Waals surface area contributed by atoms with Gasteiger partial charge in [-0.3, -0.25) is 9.79 Å². The number of hydrogen-bond acceptors (Lipinski definition) is 6. The van der Waals surface area contributed by atoms with E-state index in [0.717, 1.165) is 42.1 Å². The molecule has 204 valence electrons. The molecule has 9 heteroatoms. The highest BCUT2D eigenvalue weighted by Gasteiger charge is 2.30. The van der Waals surface area contributed by atoms with Crippen LogP contribution >= 0.6 is 11.6 Å². The second kappa shape index (κ2) is 12.1. The molecule has 1 saturated heterocycles. The number of ether oxygens (including phenoxy) is 2. The van der Waals surface area contributed by atoms with Gasteiger partial charge in [0.05, 0.1) is 36.2 Å². The lowest BCUT2D eigenvalue weighted by molar-refractivity contribution is -0.133. The summed E-state index contributed by atoms with van der Waals surface area (Å²) in [6.07, 6.45) is 3.69. The molecule has 0 unspecified atom stereocenters. The Morgan fingerprint density at radius 1 is 1.10 bits per heavy atom. The van der Waals surface area contributed by atoms with Crippen LogP contribution in [0.5, 0.6) is 11.5 Å². The molecule has 1 fully saturated rings. The van der Waals surface area contributed by atoms with Gasteiger partial charge in [0.15, 0.2) is 0 Å². The molecule has 1 amide bonds. The van der Waals surface area contributed by atoms with Gasteiger partial charge in [0.1, 0.15) is 30.5 Å². The highest BCUT2D eigenvalue weighted by atomic mass is 35.5. The van der Waals surface area contributed by atoms with Crippen LogP contribution in [-0.2, 0) is 17.9 Å². The number of benzene rings is 3. The van der Waals surface area contributed by atoms with Gasteiger partial charge in [-0.15, -0.1) is 0 Å². The fourth-order valence-corrected chi connectivity index (χ4v) is 5.20. The Bertz CT molecular complexity index is 1370. The fraction of sp³-hybridized carbons (Fsp3) is 0.333. The number of amides is 1. The van der Waals surface area contributed by atoms with E-state index in [1.54, 1.807) is 36.7 Å². The van der Waals surface area contributed by atoms with Gasteiger partial charge in [0.25, 0.3) is 0 Å². The lowest BCUT2D eigenvalue weighted by atomic mass is 10.1. The molecule has 5 rings (SSSR count). The minimum Gasteiger partial charge on any atom is -0.491 e. The normalized spacial score (nSPS) is 16.5. The lowest BCUT2D eigenvalue weighted by Crippen LogP contribution is -2.43. The average molecular weight is 551 g/mol. The number of rotatable bonds is 9. The number of hydrogen-bond donors (Lipinski definition) is 0. The highest BCUT2D eigenvalue weighted by molar-refractivity contribution is 6.32. The number of carbonyl (C=O) groups excluding carboxylic acids is 1. The molecular formula is C30H32ClFN4O3. The van der Waals surface area contributed by atoms with Crippen molar-refractivity contribution in [3.8, 4) is 11.5 Å². The van der Waals surface area contributed by atoms with Crippen LogP contribution in [0, 0.1) is 5.82 Å². The van der Waals surface area contributed by atoms with Gasteiger partial charge in [-0.2, -0.15) is 0 Å². The molecule has 3 aromatic rings. The van der Waals surface area contributed by atoms with Crippen molar-refractivity contribution in [2.24, 2.45) is 4.99 Å². The molecule has 0 aromatic heterocycles. The number of nitrogens with zero attached hydrogens (tertiary/aromatic N) is 4. The van der Waals surface area contributed by atoms with Crippen LogP contribution < -0.4 is 14.4 Å². The number of carbonyl (C=O) groups is 1. The molecule has 2 heterocycles. The molecule has 0 N–H and O–H groups in total. The van der Waals surface area contributed by atoms with Gasteiger partial charge in [0, 0.05) is 23.4 Å². The number of halogens is 2. The number of likely N-dealkylation sites (N-methyl/N-ethyl adjacent to an activating group) is 1. The molecular weight excluding hydrogens is 519 g/mol. The Hall–Kier alpha value is -3.62. The van der Waals surface area contributed by atoms with Crippen LogP contribution in [0.15, 0.2) is 65.7 Å². The van der Waals surface area contributed by atoms with Gasteiger partial charge in [0.2, 0.25) is 5.91 Å². The van der Waals surface area contributed by atoms with Gasteiger partial charge in [-0.05, 0) is 63.3 Å². The molecule has 0 saturated carbocycles. The predicted molar refractivity (Wildman–Crippen MR) is 152 cm³/mol. The summed E-state index contributed by atoms with van der Waals surface area (Å²) < 4.78 is 26.0. The van der Waals surface area contributed by atoms with Crippen LogP contribution in [0.25, 0.3) is 0 Å². The average Bonchev–Trinajstić information content (AvgIpc) is 3.40. The topological polar surface area (TPSA) is 57.6 Å². The molecule has 1 atom stereocenters. The molecule has 39 heavy (non-hydrogen) atoms. The van der Waals surface area contributed by atoms with E-state index in [1.807, 2.05) is 53.1 Å². The summed E-state index contributed by atoms with van der Waals surface area (Å²) in [5.74, 6) is 1.05. The van der Waals surface area contributed by atoms with Gasteiger partial charge >= 0.3 is 0 Å². The van der Waals surface area contributed by atoms with Gasteiger partial charge in [-0.25, -0.2) is 4.39 Å². The summed E-state index contributed by atoms with van der Waals surface area (Å²) in [6, 6.07) is 18.0. The maximum absolute atomic E-state index is 14.0. The lowest BCUT2D eigenvalue weighted by Gasteiger charge is -2.29. The minimum absolute atomic E-state index is 0.0622.